The SMILES string of the molecule is Cc1ccc(Oc2c(C3N=C(N)NC(=NCCc4ccccc4)N3)c(C)nn2-c2ccc(Cl)cc2Cl)cc1. The molecular weight excluding hydrogens is 521 g/mol. The molecule has 0 radical (unpaired) electrons. The Kier molecular flexibility index (Phi) is 7.53. The summed E-state index contributed by atoms with van der Waals surface area (Å²) >= 11 is 12.7. The van der Waals surface area contributed by atoms with E-state index < -0.39 is 6.17 Å². The number of hydrogen-bond acceptors (Lipinski definition) is 5. The molecule has 3 aromatic carbocycles. The second-order valence-corrected chi connectivity index (χ2v) is 9.72. The molecule has 38 heavy (non-hydrogen) atoms. The molecule has 1 aliphatic rings. The third-order valence-corrected chi connectivity index (χ3v) is 6.55. The van der Waals surface area contributed by atoms with Gasteiger partial charge in [0, 0.05) is 11.6 Å². The molecule has 194 valence electrons. The number of aliphatic imine (C=N–C) groups is 2. The Balaban J connectivity index is 1.51. The van der Waals surface area contributed by atoms with E-state index in [1.165, 1.54) is 5.56 Å². The van der Waals surface area contributed by atoms with Gasteiger partial charge in [0.25, 0.3) is 0 Å². The maximum Gasteiger partial charge on any atom is 0.230 e. The fourth-order valence-corrected chi connectivity index (χ4v) is 4.61. The van der Waals surface area contributed by atoms with Crippen LogP contribution in [0.15, 0.2) is 82.8 Å². The van der Waals surface area contributed by atoms with Crippen LogP contribution >= 0.6 is 23.2 Å². The van der Waals surface area contributed by atoms with Crippen LogP contribution in [-0.2, 0) is 6.42 Å². The van der Waals surface area contributed by atoms with Crippen molar-refractivity contribution in [2.24, 2.45) is 15.7 Å². The fraction of sp³-hybridized carbons (Fsp3) is 0.179. The first-order valence-electron chi connectivity index (χ1n) is 12.1. The molecule has 4 N–H and O–H groups in total. The van der Waals surface area contributed by atoms with Crippen LogP contribution in [0, 0.1) is 13.8 Å². The number of halogens is 2. The van der Waals surface area contributed by atoms with Crippen LogP contribution in [0.3, 0.4) is 0 Å². The van der Waals surface area contributed by atoms with Crippen LogP contribution in [0.25, 0.3) is 5.69 Å². The second kappa shape index (κ2) is 11.2. The standard InChI is InChI=1S/C28H27Cl2N7O/c1-17-8-11-21(12-9-17)38-26-24(18(2)36-37(26)23-13-10-20(29)16-22(23)30)25-33-27(31)35-28(34-25)32-15-14-19-6-4-3-5-7-19/h3-13,16,25H,14-15H2,1-2H3,(H4,31,32,33,34,35). The zero-order valence-corrected chi connectivity index (χ0v) is 22.5. The van der Waals surface area contributed by atoms with Crippen LogP contribution in [0.2, 0.25) is 10.0 Å². The molecule has 0 saturated carbocycles. The van der Waals surface area contributed by atoms with Gasteiger partial charge in [-0.05, 0) is 56.2 Å². The van der Waals surface area contributed by atoms with Crippen LogP contribution < -0.4 is 21.1 Å². The third-order valence-electron chi connectivity index (χ3n) is 6.01. The van der Waals surface area contributed by atoms with E-state index in [4.69, 9.17) is 38.8 Å². The number of hydrogen-bond donors (Lipinski definition) is 3. The number of ether oxygens (including phenoxy) is 1. The van der Waals surface area contributed by atoms with E-state index in [2.05, 4.69) is 32.8 Å². The predicted molar refractivity (Wildman–Crippen MR) is 153 cm³/mol. The minimum Gasteiger partial charge on any atom is -0.438 e. The van der Waals surface area contributed by atoms with Crippen molar-refractivity contribution in [2.75, 3.05) is 6.54 Å². The van der Waals surface area contributed by atoms with Crippen molar-refractivity contribution in [3.8, 4) is 17.3 Å². The maximum atomic E-state index is 6.57. The summed E-state index contributed by atoms with van der Waals surface area (Å²) in [7, 11) is 0. The van der Waals surface area contributed by atoms with Crippen LogP contribution in [0.4, 0.5) is 0 Å². The van der Waals surface area contributed by atoms with Gasteiger partial charge in [-0.15, -0.1) is 0 Å². The van der Waals surface area contributed by atoms with Crippen molar-refractivity contribution in [2.45, 2.75) is 26.4 Å². The third kappa shape index (κ3) is 5.77. The monoisotopic (exact) mass is 547 g/mol. The molecule has 0 fully saturated rings. The summed E-state index contributed by atoms with van der Waals surface area (Å²) < 4.78 is 8.07. The normalized spacial score (nSPS) is 16.1. The zero-order chi connectivity index (χ0) is 26.6. The number of aryl methyl sites for hydroxylation is 2. The first-order chi connectivity index (χ1) is 18.4. The molecule has 1 unspecified atom stereocenters. The average Bonchev–Trinajstić information content (AvgIpc) is 3.21. The van der Waals surface area contributed by atoms with E-state index >= 15 is 0 Å². The summed E-state index contributed by atoms with van der Waals surface area (Å²) in [5, 5.41) is 12.1. The van der Waals surface area contributed by atoms with E-state index in [0.717, 1.165) is 12.0 Å². The number of nitrogens with two attached hydrogens (primary N) is 1. The molecule has 4 aromatic rings. The topological polar surface area (TPSA) is 102 Å². The van der Waals surface area contributed by atoms with Crippen molar-refractivity contribution < 1.29 is 4.74 Å². The van der Waals surface area contributed by atoms with Gasteiger partial charge in [0.15, 0.2) is 18.1 Å². The van der Waals surface area contributed by atoms with Gasteiger partial charge in [-0.3, -0.25) is 10.3 Å². The van der Waals surface area contributed by atoms with E-state index in [1.54, 1.807) is 22.9 Å². The van der Waals surface area contributed by atoms with Gasteiger partial charge >= 0.3 is 0 Å². The van der Waals surface area contributed by atoms with Gasteiger partial charge in [0.2, 0.25) is 5.88 Å². The summed E-state index contributed by atoms with van der Waals surface area (Å²) in [5.74, 6) is 1.86. The van der Waals surface area contributed by atoms with E-state index in [1.807, 2.05) is 56.3 Å². The molecule has 0 saturated heterocycles. The lowest BCUT2D eigenvalue weighted by Gasteiger charge is -2.24. The minimum absolute atomic E-state index is 0.241. The lowest BCUT2D eigenvalue weighted by Crippen LogP contribution is -2.50. The Hall–Kier alpha value is -4.01. The minimum atomic E-state index is -0.591. The Morgan fingerprint density at radius 2 is 1.79 bits per heavy atom. The van der Waals surface area contributed by atoms with E-state index in [-0.39, 0.29) is 5.96 Å². The molecule has 10 heteroatoms. The van der Waals surface area contributed by atoms with Crippen molar-refractivity contribution >= 4 is 35.1 Å². The predicted octanol–water partition coefficient (Wildman–Crippen LogP) is 5.69. The Labute approximate surface area is 231 Å². The highest BCUT2D eigenvalue weighted by atomic mass is 35.5. The molecule has 0 bridgehead atoms. The lowest BCUT2D eigenvalue weighted by atomic mass is 10.1. The van der Waals surface area contributed by atoms with Gasteiger partial charge in [-0.25, -0.2) is 4.99 Å². The quantitative estimate of drug-likeness (QED) is 0.275. The van der Waals surface area contributed by atoms with Gasteiger partial charge in [0.05, 0.1) is 22.0 Å². The Morgan fingerprint density at radius 3 is 2.53 bits per heavy atom. The number of nitrogens with one attached hydrogen (secondary N) is 2. The smallest absolute Gasteiger partial charge is 0.230 e. The van der Waals surface area contributed by atoms with Crippen molar-refractivity contribution in [1.82, 2.24) is 20.4 Å². The zero-order valence-electron chi connectivity index (χ0n) is 21.0. The molecule has 0 spiro atoms. The van der Waals surface area contributed by atoms with Crippen LogP contribution in [0.1, 0.15) is 28.6 Å². The molecule has 0 aliphatic carbocycles. The Bertz CT molecular complexity index is 1500. The van der Waals surface area contributed by atoms with Gasteiger partial charge < -0.3 is 15.8 Å². The molecule has 8 nitrogen and oxygen atoms in total. The first-order valence-corrected chi connectivity index (χ1v) is 12.9. The number of aromatic nitrogens is 2. The molecule has 0 amide bonds. The number of guanidine groups is 2. The molecule has 1 aromatic heterocycles. The van der Waals surface area contributed by atoms with Gasteiger partial charge in [0.1, 0.15) is 5.75 Å². The molecule has 5 rings (SSSR count). The molecular formula is C28H27Cl2N7O. The Morgan fingerprint density at radius 1 is 1.03 bits per heavy atom. The van der Waals surface area contributed by atoms with Crippen molar-refractivity contribution in [3.05, 3.63) is 105 Å². The largest absolute Gasteiger partial charge is 0.438 e. The van der Waals surface area contributed by atoms with Crippen molar-refractivity contribution in [3.63, 3.8) is 0 Å². The highest BCUT2D eigenvalue weighted by Gasteiger charge is 2.30. The summed E-state index contributed by atoms with van der Waals surface area (Å²) in [5.41, 5.74) is 10.5. The molecule has 2 heterocycles. The summed E-state index contributed by atoms with van der Waals surface area (Å²) in [4.78, 5) is 9.27. The summed E-state index contributed by atoms with van der Waals surface area (Å²) in [6.45, 7) is 4.48. The van der Waals surface area contributed by atoms with Crippen LogP contribution in [-0.4, -0.2) is 28.2 Å². The number of rotatable bonds is 7. The van der Waals surface area contributed by atoms with Crippen LogP contribution in [0.5, 0.6) is 11.6 Å². The fourth-order valence-electron chi connectivity index (χ4n) is 4.12. The number of benzene rings is 3. The van der Waals surface area contributed by atoms with E-state index in [9.17, 15) is 0 Å². The van der Waals surface area contributed by atoms with Gasteiger partial charge in [-0.2, -0.15) is 9.78 Å². The van der Waals surface area contributed by atoms with Crippen molar-refractivity contribution in [1.29, 1.82) is 0 Å². The van der Waals surface area contributed by atoms with E-state index in [0.29, 0.717) is 51.1 Å². The molecule has 1 aliphatic heterocycles. The second-order valence-electron chi connectivity index (χ2n) is 8.88. The highest BCUT2D eigenvalue weighted by Crippen LogP contribution is 2.37. The first kappa shape index (κ1) is 25.6. The summed E-state index contributed by atoms with van der Waals surface area (Å²) in [6.07, 6.45) is 0.204. The van der Waals surface area contributed by atoms with Gasteiger partial charge in [-0.1, -0.05) is 71.2 Å². The highest BCUT2D eigenvalue weighted by molar-refractivity contribution is 6.35. The molecule has 1 atom stereocenters. The summed E-state index contributed by atoms with van der Waals surface area (Å²) in [6, 6.07) is 23.2. The lowest BCUT2D eigenvalue weighted by molar-refractivity contribution is 0.432. The average molecular weight is 548 g/mol. The maximum absolute atomic E-state index is 6.57. The number of nitrogens with zero attached hydrogens (tertiary/aromatic N) is 4.